The van der Waals surface area contributed by atoms with Gasteiger partial charge >= 0.3 is 12.1 Å². The van der Waals surface area contributed by atoms with Crippen LogP contribution in [0, 0.1) is 0 Å². The molecule has 0 unspecified atom stereocenters. The Kier molecular flexibility index (Phi) is 3.66. The number of hydrazine groups is 2. The van der Waals surface area contributed by atoms with Gasteiger partial charge in [-0.25, -0.2) is 31.3 Å². The van der Waals surface area contributed by atoms with Gasteiger partial charge in [-0.15, -0.1) is 0 Å². The van der Waals surface area contributed by atoms with Gasteiger partial charge in [0.25, 0.3) is 0 Å². The smallest absolute Gasteiger partial charge is 0.333 e. The molecule has 4 amide bonds. The summed E-state index contributed by atoms with van der Waals surface area (Å²) in [5.74, 6) is 11.4. The van der Waals surface area contributed by atoms with Crippen molar-refractivity contribution in [3.05, 3.63) is 47.5 Å². The minimum atomic E-state index is -0.740. The summed E-state index contributed by atoms with van der Waals surface area (Å²) < 4.78 is 0. The molecule has 0 saturated heterocycles. The average Bonchev–Trinajstić information content (AvgIpc) is 2.80. The summed E-state index contributed by atoms with van der Waals surface area (Å²) in [5, 5.41) is 1.80. The Hall–Kier alpha value is -3.10. The van der Waals surface area contributed by atoms with Crippen molar-refractivity contribution in [2.24, 2.45) is 23.2 Å². The molecule has 0 aliphatic heterocycles. The predicted octanol–water partition coefficient (Wildman–Crippen LogP) is 1.51. The second-order valence-electron chi connectivity index (χ2n) is 6.50. The maximum Gasteiger partial charge on any atom is 0.333 e. The van der Waals surface area contributed by atoms with Gasteiger partial charge in [0.15, 0.2) is 0 Å². The van der Waals surface area contributed by atoms with Crippen molar-refractivity contribution in [2.45, 2.75) is 19.3 Å². The lowest BCUT2D eigenvalue weighted by Gasteiger charge is -2.24. The van der Waals surface area contributed by atoms with E-state index in [0.717, 1.165) is 32.3 Å². The number of nitrogens with two attached hydrogens (primary N) is 4. The first-order valence-corrected chi connectivity index (χ1v) is 7.62. The summed E-state index contributed by atoms with van der Waals surface area (Å²) in [7, 11) is 0. The quantitative estimate of drug-likeness (QED) is 0.373. The Morgan fingerprint density at radius 1 is 0.800 bits per heavy atom. The number of nitrogens with zero attached hydrogens (tertiary/aromatic N) is 2. The zero-order valence-electron chi connectivity index (χ0n) is 14.0. The van der Waals surface area contributed by atoms with E-state index in [-0.39, 0.29) is 5.41 Å². The lowest BCUT2D eigenvalue weighted by Crippen LogP contribution is -2.41. The summed E-state index contributed by atoms with van der Waals surface area (Å²) >= 11 is 0. The first-order valence-electron chi connectivity index (χ1n) is 7.62. The molecule has 0 aromatic heterocycles. The lowest BCUT2D eigenvalue weighted by atomic mass is 9.82. The number of hydrogen-bond donors (Lipinski definition) is 4. The molecule has 130 valence electrons. The molecule has 8 heteroatoms. The van der Waals surface area contributed by atoms with Gasteiger partial charge in [0.2, 0.25) is 0 Å². The van der Waals surface area contributed by atoms with Crippen LogP contribution in [0.3, 0.4) is 0 Å². The van der Waals surface area contributed by atoms with Gasteiger partial charge in [-0.1, -0.05) is 26.0 Å². The average molecular weight is 340 g/mol. The zero-order valence-corrected chi connectivity index (χ0v) is 14.0. The summed E-state index contributed by atoms with van der Waals surface area (Å²) in [5.41, 5.74) is 15.2. The first kappa shape index (κ1) is 16.7. The van der Waals surface area contributed by atoms with E-state index in [0.29, 0.717) is 11.4 Å². The van der Waals surface area contributed by atoms with Crippen LogP contribution < -0.4 is 33.2 Å². The Morgan fingerprint density at radius 2 is 1.16 bits per heavy atom. The Morgan fingerprint density at radius 3 is 1.48 bits per heavy atom. The number of anilines is 2. The van der Waals surface area contributed by atoms with Crippen LogP contribution >= 0.6 is 0 Å². The van der Waals surface area contributed by atoms with Crippen LogP contribution in [0.15, 0.2) is 36.4 Å². The molecule has 0 bridgehead atoms. The number of carbonyl (C=O) groups is 2. The van der Waals surface area contributed by atoms with E-state index in [4.69, 9.17) is 23.2 Å². The predicted molar refractivity (Wildman–Crippen MR) is 96.5 cm³/mol. The molecule has 8 N–H and O–H groups in total. The number of urea groups is 2. The van der Waals surface area contributed by atoms with Crippen LogP contribution in [0.2, 0.25) is 0 Å². The van der Waals surface area contributed by atoms with Crippen molar-refractivity contribution >= 4 is 23.4 Å². The second kappa shape index (κ2) is 5.47. The monoisotopic (exact) mass is 340 g/mol. The molecular formula is C17H20N6O2. The number of benzene rings is 2. The molecule has 0 atom stereocenters. The van der Waals surface area contributed by atoms with Crippen LogP contribution in [-0.2, 0) is 5.41 Å². The summed E-state index contributed by atoms with van der Waals surface area (Å²) in [4.78, 5) is 22.6. The highest BCUT2D eigenvalue weighted by molar-refractivity contribution is 5.93. The maximum absolute atomic E-state index is 11.3. The molecule has 8 nitrogen and oxygen atoms in total. The maximum atomic E-state index is 11.3. The van der Waals surface area contributed by atoms with E-state index >= 15 is 0 Å². The SMILES string of the molecule is CC1(C)c2cc(N(N)C(N)=O)ccc2-c2ccc(N(N)C(N)=O)cc21. The van der Waals surface area contributed by atoms with Crippen molar-refractivity contribution in [1.82, 2.24) is 0 Å². The molecule has 0 spiro atoms. The molecule has 3 rings (SSSR count). The lowest BCUT2D eigenvalue weighted by molar-refractivity contribution is 0.253. The first-order chi connectivity index (χ1) is 11.6. The van der Waals surface area contributed by atoms with Gasteiger partial charge in [-0.3, -0.25) is 0 Å². The highest BCUT2D eigenvalue weighted by Crippen LogP contribution is 2.50. The topological polar surface area (TPSA) is 145 Å². The van der Waals surface area contributed by atoms with Crippen LogP contribution in [0.1, 0.15) is 25.0 Å². The fraction of sp³-hybridized carbons (Fsp3) is 0.176. The third-order valence-electron chi connectivity index (χ3n) is 4.67. The third kappa shape index (κ3) is 2.48. The highest BCUT2D eigenvalue weighted by Gasteiger charge is 2.36. The number of primary amides is 2. The van der Waals surface area contributed by atoms with E-state index < -0.39 is 12.1 Å². The van der Waals surface area contributed by atoms with Crippen LogP contribution in [0.4, 0.5) is 21.0 Å². The van der Waals surface area contributed by atoms with Crippen LogP contribution in [0.25, 0.3) is 11.1 Å². The molecule has 0 heterocycles. The third-order valence-corrected chi connectivity index (χ3v) is 4.67. The molecule has 25 heavy (non-hydrogen) atoms. The highest BCUT2D eigenvalue weighted by atomic mass is 16.2. The Balaban J connectivity index is 2.13. The van der Waals surface area contributed by atoms with Gasteiger partial charge < -0.3 is 11.5 Å². The molecule has 2 aromatic carbocycles. The normalized spacial score (nSPS) is 13.8. The fourth-order valence-electron chi connectivity index (χ4n) is 3.27. The summed E-state index contributed by atoms with van der Waals surface area (Å²) in [6.45, 7) is 4.09. The molecule has 0 saturated carbocycles. The number of rotatable bonds is 2. The fourth-order valence-corrected chi connectivity index (χ4v) is 3.27. The minimum absolute atomic E-state index is 0.381. The number of fused-ring (bicyclic) bond motifs is 3. The molecule has 0 fully saturated rings. The minimum Gasteiger partial charge on any atom is -0.350 e. The number of carbonyl (C=O) groups excluding carboxylic acids is 2. The van der Waals surface area contributed by atoms with E-state index in [2.05, 4.69) is 0 Å². The van der Waals surface area contributed by atoms with Crippen molar-refractivity contribution in [3.63, 3.8) is 0 Å². The summed E-state index contributed by atoms with van der Waals surface area (Å²) in [6.07, 6.45) is 0. The van der Waals surface area contributed by atoms with E-state index in [9.17, 15) is 9.59 Å². The van der Waals surface area contributed by atoms with Gasteiger partial charge in [0, 0.05) is 5.41 Å². The second-order valence-corrected chi connectivity index (χ2v) is 6.50. The van der Waals surface area contributed by atoms with Gasteiger partial charge in [0.1, 0.15) is 0 Å². The van der Waals surface area contributed by atoms with Gasteiger partial charge in [-0.05, 0) is 46.5 Å². The van der Waals surface area contributed by atoms with Crippen molar-refractivity contribution < 1.29 is 9.59 Å². The van der Waals surface area contributed by atoms with Crippen molar-refractivity contribution in [1.29, 1.82) is 0 Å². The van der Waals surface area contributed by atoms with Crippen LogP contribution in [-0.4, -0.2) is 12.1 Å². The molecule has 1 aliphatic rings. The molecule has 0 radical (unpaired) electrons. The van der Waals surface area contributed by atoms with E-state index in [1.54, 1.807) is 12.1 Å². The van der Waals surface area contributed by atoms with Gasteiger partial charge in [0.05, 0.1) is 11.4 Å². The van der Waals surface area contributed by atoms with E-state index in [1.165, 1.54) is 0 Å². The van der Waals surface area contributed by atoms with E-state index in [1.807, 2.05) is 38.1 Å². The van der Waals surface area contributed by atoms with Crippen molar-refractivity contribution in [3.8, 4) is 11.1 Å². The molecule has 2 aromatic rings. The Labute approximate surface area is 144 Å². The van der Waals surface area contributed by atoms with Crippen LogP contribution in [0.5, 0.6) is 0 Å². The Bertz CT molecular complexity index is 821. The molecule has 1 aliphatic carbocycles. The van der Waals surface area contributed by atoms with Gasteiger partial charge in [-0.2, -0.15) is 0 Å². The molecular weight excluding hydrogens is 320 g/mol. The standard InChI is InChI=1S/C17H20N6O2/c1-17(2)13-7-9(22(20)15(18)24)3-5-11(13)12-6-4-10(8-14(12)17)23(21)16(19)25/h3-8H,20-21H2,1-2H3,(H2,18,24)(H2,19,25). The zero-order chi connectivity index (χ0) is 18.5. The number of amides is 4. The number of hydrogen-bond acceptors (Lipinski definition) is 4. The summed E-state index contributed by atoms with van der Waals surface area (Å²) in [6, 6.07) is 9.47. The largest absolute Gasteiger partial charge is 0.350 e. The van der Waals surface area contributed by atoms with Crippen molar-refractivity contribution in [2.75, 3.05) is 10.0 Å².